The summed E-state index contributed by atoms with van der Waals surface area (Å²) in [5.74, 6) is -1.44. The van der Waals surface area contributed by atoms with E-state index < -0.39 is 11.7 Å². The molecule has 0 fully saturated rings. The smallest absolute Gasteiger partial charge is 0.274 e. The number of hydrogen-bond donors (Lipinski definition) is 2. The fourth-order valence-corrected chi connectivity index (χ4v) is 2.53. The Morgan fingerprint density at radius 2 is 2.35 bits per heavy atom. The van der Waals surface area contributed by atoms with E-state index in [-0.39, 0.29) is 34.9 Å². The van der Waals surface area contributed by atoms with Gasteiger partial charge in [-0.25, -0.2) is 9.07 Å². The number of amides is 2. The highest BCUT2D eigenvalue weighted by atomic mass is 35.5. The second-order valence-corrected chi connectivity index (χ2v) is 5.68. The number of nitrogens with one attached hydrogen (secondary N) is 2. The number of rotatable bonds is 3. The second kappa shape index (κ2) is 5.96. The van der Waals surface area contributed by atoms with Crippen LogP contribution in [0.1, 0.15) is 33.5 Å². The molecule has 120 valence electrons. The Morgan fingerprint density at radius 3 is 3.09 bits per heavy atom. The van der Waals surface area contributed by atoms with Gasteiger partial charge in [-0.15, -0.1) is 5.10 Å². The molecule has 0 saturated carbocycles. The van der Waals surface area contributed by atoms with Gasteiger partial charge in [0.2, 0.25) is 0 Å². The first-order chi connectivity index (χ1) is 11.0. The van der Waals surface area contributed by atoms with Crippen molar-refractivity contribution in [1.82, 2.24) is 25.6 Å². The number of halogens is 2. The minimum atomic E-state index is -0.531. The lowest BCUT2D eigenvalue weighted by molar-refractivity contribution is 0.0880. The summed E-state index contributed by atoms with van der Waals surface area (Å²) < 4.78 is 14.5. The maximum atomic E-state index is 13.1. The van der Waals surface area contributed by atoms with Gasteiger partial charge < -0.3 is 10.6 Å². The van der Waals surface area contributed by atoms with Crippen molar-refractivity contribution in [1.29, 1.82) is 0 Å². The number of aromatic nitrogens is 3. The zero-order chi connectivity index (χ0) is 16.6. The molecule has 0 bridgehead atoms. The van der Waals surface area contributed by atoms with Crippen LogP contribution < -0.4 is 10.6 Å². The zero-order valence-corrected chi connectivity index (χ0v) is 12.9. The molecule has 2 N–H and O–H groups in total. The summed E-state index contributed by atoms with van der Waals surface area (Å²) in [6, 6.07) is 4.08. The van der Waals surface area contributed by atoms with Gasteiger partial charge >= 0.3 is 0 Å². The molecule has 0 unspecified atom stereocenters. The monoisotopic (exact) mass is 337 g/mol. The lowest BCUT2D eigenvalue weighted by atomic mass is 10.2. The molecule has 9 heteroatoms. The van der Waals surface area contributed by atoms with Crippen LogP contribution >= 0.6 is 11.6 Å². The van der Waals surface area contributed by atoms with Crippen molar-refractivity contribution in [3.8, 4) is 0 Å². The van der Waals surface area contributed by atoms with Crippen LogP contribution in [-0.4, -0.2) is 32.9 Å². The lowest BCUT2D eigenvalue weighted by Gasteiger charge is -2.20. The molecule has 2 amide bonds. The lowest BCUT2D eigenvalue weighted by Crippen LogP contribution is -2.43. The quantitative estimate of drug-likeness (QED) is 0.878. The SMILES string of the molecule is C[C@H]1Cn2nnc(C(=O)NCc3ccc(F)c(Cl)c3)c2C(=O)N1. The van der Waals surface area contributed by atoms with Crippen molar-refractivity contribution >= 4 is 23.4 Å². The molecule has 2 aromatic rings. The normalized spacial score (nSPS) is 16.7. The van der Waals surface area contributed by atoms with Crippen LogP contribution in [0, 0.1) is 5.82 Å². The topological polar surface area (TPSA) is 88.9 Å². The third-order valence-corrected chi connectivity index (χ3v) is 3.72. The van der Waals surface area contributed by atoms with Crippen LogP contribution in [0.4, 0.5) is 4.39 Å². The third kappa shape index (κ3) is 3.02. The average molecular weight is 338 g/mol. The predicted molar refractivity (Wildman–Crippen MR) is 79.5 cm³/mol. The number of carbonyl (C=O) groups excluding carboxylic acids is 2. The maximum absolute atomic E-state index is 13.1. The number of benzene rings is 1. The predicted octanol–water partition coefficient (Wildman–Crippen LogP) is 1.13. The van der Waals surface area contributed by atoms with Gasteiger partial charge in [0, 0.05) is 12.6 Å². The van der Waals surface area contributed by atoms with E-state index in [9.17, 15) is 14.0 Å². The highest BCUT2D eigenvalue weighted by Crippen LogP contribution is 2.16. The molecule has 0 saturated heterocycles. The Balaban J connectivity index is 1.74. The van der Waals surface area contributed by atoms with Gasteiger partial charge in [-0.05, 0) is 24.6 Å². The molecule has 1 aromatic carbocycles. The van der Waals surface area contributed by atoms with E-state index in [1.54, 1.807) is 0 Å². The highest BCUT2D eigenvalue weighted by molar-refractivity contribution is 6.30. The molecular formula is C14H13ClFN5O2. The minimum Gasteiger partial charge on any atom is -0.346 e. The van der Waals surface area contributed by atoms with E-state index in [4.69, 9.17) is 11.6 Å². The summed E-state index contributed by atoms with van der Waals surface area (Å²) in [5.41, 5.74) is 0.726. The standard InChI is InChI=1S/C14H13ClFN5O2/c1-7-6-21-12(14(23)18-7)11(19-20-21)13(22)17-5-8-2-3-10(16)9(15)4-8/h2-4,7H,5-6H2,1H3,(H,17,22)(H,18,23)/t7-/m0/s1. The van der Waals surface area contributed by atoms with Gasteiger partial charge in [-0.3, -0.25) is 9.59 Å². The van der Waals surface area contributed by atoms with Gasteiger partial charge in [-0.1, -0.05) is 22.9 Å². The van der Waals surface area contributed by atoms with Gasteiger partial charge in [0.1, 0.15) is 5.82 Å². The van der Waals surface area contributed by atoms with Crippen LogP contribution in [0.3, 0.4) is 0 Å². The molecule has 3 rings (SSSR count). The Bertz CT molecular complexity index is 791. The number of nitrogens with zero attached hydrogens (tertiary/aromatic N) is 3. The van der Waals surface area contributed by atoms with Crippen molar-refractivity contribution in [2.75, 3.05) is 0 Å². The van der Waals surface area contributed by atoms with E-state index in [0.29, 0.717) is 12.1 Å². The Kier molecular flexibility index (Phi) is 3.99. The van der Waals surface area contributed by atoms with Gasteiger partial charge in [0.25, 0.3) is 11.8 Å². The molecule has 23 heavy (non-hydrogen) atoms. The average Bonchev–Trinajstić information content (AvgIpc) is 2.92. The van der Waals surface area contributed by atoms with E-state index >= 15 is 0 Å². The highest BCUT2D eigenvalue weighted by Gasteiger charge is 2.30. The molecule has 0 aliphatic carbocycles. The Hall–Kier alpha value is -2.48. The summed E-state index contributed by atoms with van der Waals surface area (Å²) in [5, 5.41) is 12.9. The number of carbonyl (C=O) groups is 2. The molecule has 0 spiro atoms. The first kappa shape index (κ1) is 15.4. The molecule has 0 radical (unpaired) electrons. The van der Waals surface area contributed by atoms with Crippen LogP contribution in [0.5, 0.6) is 0 Å². The largest absolute Gasteiger partial charge is 0.346 e. The molecule has 2 heterocycles. The van der Waals surface area contributed by atoms with Crippen LogP contribution in [0.15, 0.2) is 18.2 Å². The summed E-state index contributed by atoms with van der Waals surface area (Å²) >= 11 is 5.69. The van der Waals surface area contributed by atoms with Crippen LogP contribution in [0.25, 0.3) is 0 Å². The summed E-state index contributed by atoms with van der Waals surface area (Å²) in [6.45, 7) is 2.42. The number of fused-ring (bicyclic) bond motifs is 1. The third-order valence-electron chi connectivity index (χ3n) is 3.43. The Morgan fingerprint density at radius 1 is 1.57 bits per heavy atom. The fraction of sp³-hybridized carbons (Fsp3) is 0.286. The van der Waals surface area contributed by atoms with E-state index in [0.717, 1.165) is 0 Å². The molecule has 1 aliphatic heterocycles. The molecule has 1 atom stereocenters. The van der Waals surface area contributed by atoms with E-state index in [1.165, 1.54) is 22.9 Å². The zero-order valence-electron chi connectivity index (χ0n) is 12.1. The molecule has 1 aliphatic rings. The van der Waals surface area contributed by atoms with E-state index in [2.05, 4.69) is 20.9 Å². The van der Waals surface area contributed by atoms with Crippen LogP contribution in [-0.2, 0) is 13.1 Å². The second-order valence-electron chi connectivity index (χ2n) is 5.27. The summed E-state index contributed by atoms with van der Waals surface area (Å²) in [7, 11) is 0. The fourth-order valence-electron chi connectivity index (χ4n) is 2.33. The van der Waals surface area contributed by atoms with Crippen molar-refractivity contribution < 1.29 is 14.0 Å². The van der Waals surface area contributed by atoms with Gasteiger partial charge in [-0.2, -0.15) is 0 Å². The molecular weight excluding hydrogens is 325 g/mol. The van der Waals surface area contributed by atoms with Crippen molar-refractivity contribution in [2.45, 2.75) is 26.1 Å². The summed E-state index contributed by atoms with van der Waals surface area (Å²) in [6.07, 6.45) is 0. The number of hydrogen-bond acceptors (Lipinski definition) is 4. The first-order valence-corrected chi connectivity index (χ1v) is 7.30. The van der Waals surface area contributed by atoms with Crippen LogP contribution in [0.2, 0.25) is 5.02 Å². The first-order valence-electron chi connectivity index (χ1n) is 6.92. The van der Waals surface area contributed by atoms with Gasteiger partial charge in [0.15, 0.2) is 11.4 Å². The van der Waals surface area contributed by atoms with Crippen molar-refractivity contribution in [3.63, 3.8) is 0 Å². The Labute approximate surface area is 135 Å². The summed E-state index contributed by atoms with van der Waals surface area (Å²) in [4.78, 5) is 24.2. The maximum Gasteiger partial charge on any atom is 0.274 e. The van der Waals surface area contributed by atoms with E-state index in [1.807, 2.05) is 6.92 Å². The minimum absolute atomic E-state index is 0.0221. The molecule has 1 aromatic heterocycles. The van der Waals surface area contributed by atoms with Crippen molar-refractivity contribution in [3.05, 3.63) is 46.0 Å². The molecule has 7 nitrogen and oxygen atoms in total. The van der Waals surface area contributed by atoms with Crippen molar-refractivity contribution in [2.24, 2.45) is 0 Å². The van der Waals surface area contributed by atoms with Gasteiger partial charge in [0.05, 0.1) is 11.6 Å².